The van der Waals surface area contributed by atoms with Crippen LogP contribution in [0.5, 0.6) is 5.75 Å². The Labute approximate surface area is 177 Å². The van der Waals surface area contributed by atoms with Gasteiger partial charge in [0.05, 0.1) is 5.56 Å². The van der Waals surface area contributed by atoms with Crippen molar-refractivity contribution in [2.75, 3.05) is 11.9 Å². The van der Waals surface area contributed by atoms with Gasteiger partial charge in [-0.25, -0.2) is 0 Å². The lowest BCUT2D eigenvalue weighted by molar-refractivity contribution is -0.118. The number of anilines is 1. The van der Waals surface area contributed by atoms with Crippen molar-refractivity contribution < 1.29 is 14.3 Å². The molecule has 0 saturated heterocycles. The number of nitrogens with one attached hydrogen (secondary N) is 2. The summed E-state index contributed by atoms with van der Waals surface area (Å²) >= 11 is 0. The zero-order valence-corrected chi connectivity index (χ0v) is 17.3. The smallest absolute Gasteiger partial charge is 0.262 e. The fourth-order valence-electron chi connectivity index (χ4n) is 3.17. The molecule has 0 heterocycles. The lowest BCUT2D eigenvalue weighted by Gasteiger charge is -2.14. The Morgan fingerprint density at radius 3 is 2.40 bits per heavy atom. The van der Waals surface area contributed by atoms with Gasteiger partial charge in [0.25, 0.3) is 11.8 Å². The number of carbonyl (C=O) groups excluding carboxylic acids is 2. The number of hydrogen-bond donors (Lipinski definition) is 2. The molecule has 0 aliphatic carbocycles. The number of aryl methyl sites for hydroxylation is 2. The van der Waals surface area contributed by atoms with E-state index in [2.05, 4.69) is 10.6 Å². The summed E-state index contributed by atoms with van der Waals surface area (Å²) in [5.74, 6) is -0.140. The molecule has 154 valence electrons. The molecule has 0 bridgehead atoms. The normalized spacial score (nSPS) is 10.3. The summed E-state index contributed by atoms with van der Waals surface area (Å²) in [7, 11) is 0. The number of amides is 2. The van der Waals surface area contributed by atoms with Crippen molar-refractivity contribution in [3.8, 4) is 5.75 Å². The SMILES string of the molecule is CCc1cccc(C)c1NC(=O)COc1ccccc1C(=O)NCc1ccccc1. The molecule has 0 saturated carbocycles. The number of para-hydroxylation sites is 2. The molecular weight excluding hydrogens is 376 g/mol. The Hall–Kier alpha value is -3.60. The van der Waals surface area contributed by atoms with Gasteiger partial charge in [-0.3, -0.25) is 9.59 Å². The van der Waals surface area contributed by atoms with E-state index < -0.39 is 0 Å². The largest absolute Gasteiger partial charge is 0.483 e. The molecule has 2 amide bonds. The van der Waals surface area contributed by atoms with Gasteiger partial charge in [-0.1, -0.05) is 67.6 Å². The summed E-state index contributed by atoms with van der Waals surface area (Å²) in [6, 6.07) is 22.5. The molecule has 0 fully saturated rings. The van der Waals surface area contributed by atoms with E-state index >= 15 is 0 Å². The predicted molar refractivity (Wildman–Crippen MR) is 119 cm³/mol. The first-order valence-electron chi connectivity index (χ1n) is 10.0. The summed E-state index contributed by atoms with van der Waals surface area (Å²) in [5, 5.41) is 5.82. The van der Waals surface area contributed by atoms with Crippen LogP contribution in [-0.4, -0.2) is 18.4 Å². The van der Waals surface area contributed by atoms with Crippen LogP contribution in [0, 0.1) is 6.92 Å². The van der Waals surface area contributed by atoms with Crippen LogP contribution in [0.25, 0.3) is 0 Å². The fraction of sp³-hybridized carbons (Fsp3) is 0.200. The number of hydrogen-bond acceptors (Lipinski definition) is 3. The van der Waals surface area contributed by atoms with Crippen LogP contribution >= 0.6 is 0 Å². The Kier molecular flexibility index (Phi) is 7.22. The van der Waals surface area contributed by atoms with Crippen LogP contribution in [0.1, 0.15) is 34.0 Å². The highest BCUT2D eigenvalue weighted by molar-refractivity contribution is 5.97. The molecule has 0 aromatic heterocycles. The monoisotopic (exact) mass is 402 g/mol. The van der Waals surface area contributed by atoms with Crippen LogP contribution in [0.2, 0.25) is 0 Å². The molecule has 3 rings (SSSR count). The quantitative estimate of drug-likeness (QED) is 0.583. The Morgan fingerprint density at radius 2 is 1.63 bits per heavy atom. The molecule has 3 aromatic rings. The molecule has 0 atom stereocenters. The molecule has 0 radical (unpaired) electrons. The van der Waals surface area contributed by atoms with Crippen molar-refractivity contribution in [3.63, 3.8) is 0 Å². The van der Waals surface area contributed by atoms with Crippen molar-refractivity contribution in [1.29, 1.82) is 0 Å². The molecular formula is C25H26N2O3. The molecule has 30 heavy (non-hydrogen) atoms. The fourth-order valence-corrected chi connectivity index (χ4v) is 3.17. The van der Waals surface area contributed by atoms with Gasteiger partial charge in [0.2, 0.25) is 0 Å². The van der Waals surface area contributed by atoms with E-state index in [1.54, 1.807) is 24.3 Å². The van der Waals surface area contributed by atoms with E-state index in [4.69, 9.17) is 4.74 Å². The van der Waals surface area contributed by atoms with Crippen molar-refractivity contribution in [2.24, 2.45) is 0 Å². The first kappa shape index (κ1) is 21.1. The summed E-state index contributed by atoms with van der Waals surface area (Å²) in [4.78, 5) is 25.1. The Bertz CT molecular complexity index is 1020. The minimum absolute atomic E-state index is 0.180. The molecule has 0 unspecified atom stereocenters. The van der Waals surface area contributed by atoms with Crippen LogP contribution in [0.15, 0.2) is 72.8 Å². The van der Waals surface area contributed by atoms with Gasteiger partial charge in [0.1, 0.15) is 5.75 Å². The molecule has 3 aromatic carbocycles. The van der Waals surface area contributed by atoms with Crippen LogP contribution in [-0.2, 0) is 17.8 Å². The summed E-state index contributed by atoms with van der Waals surface area (Å²) in [6.07, 6.45) is 0.822. The number of rotatable bonds is 8. The van der Waals surface area contributed by atoms with E-state index in [0.717, 1.165) is 28.8 Å². The van der Waals surface area contributed by atoms with Gasteiger partial charge < -0.3 is 15.4 Å². The maximum absolute atomic E-state index is 12.6. The second-order valence-corrected chi connectivity index (χ2v) is 6.96. The van der Waals surface area contributed by atoms with Crippen molar-refractivity contribution in [3.05, 3.63) is 95.1 Å². The molecule has 5 nitrogen and oxygen atoms in total. The first-order chi connectivity index (χ1) is 14.6. The summed E-state index contributed by atoms with van der Waals surface area (Å²) < 4.78 is 5.68. The van der Waals surface area contributed by atoms with Gasteiger partial charge in [-0.2, -0.15) is 0 Å². The average molecular weight is 402 g/mol. The molecule has 0 aliphatic heterocycles. The third-order valence-electron chi connectivity index (χ3n) is 4.79. The minimum atomic E-state index is -0.265. The molecule has 2 N–H and O–H groups in total. The van der Waals surface area contributed by atoms with Gasteiger partial charge in [-0.15, -0.1) is 0 Å². The molecule has 0 aliphatic rings. The summed E-state index contributed by atoms with van der Waals surface area (Å²) in [5.41, 5.74) is 4.30. The van der Waals surface area contributed by atoms with E-state index in [1.807, 2.05) is 62.4 Å². The topological polar surface area (TPSA) is 67.4 Å². The maximum Gasteiger partial charge on any atom is 0.262 e. The lowest BCUT2D eigenvalue weighted by Crippen LogP contribution is -2.25. The van der Waals surface area contributed by atoms with Gasteiger partial charge in [0, 0.05) is 12.2 Å². The second kappa shape index (κ2) is 10.3. The van der Waals surface area contributed by atoms with E-state index in [-0.39, 0.29) is 18.4 Å². The van der Waals surface area contributed by atoms with E-state index in [9.17, 15) is 9.59 Å². The minimum Gasteiger partial charge on any atom is -0.483 e. The molecule has 0 spiro atoms. The third kappa shape index (κ3) is 5.47. The second-order valence-electron chi connectivity index (χ2n) is 6.96. The summed E-state index contributed by atoms with van der Waals surface area (Å²) in [6.45, 7) is 4.25. The van der Waals surface area contributed by atoms with Crippen molar-refractivity contribution in [2.45, 2.75) is 26.8 Å². The predicted octanol–water partition coefficient (Wildman–Crippen LogP) is 4.50. The van der Waals surface area contributed by atoms with Crippen LogP contribution in [0.4, 0.5) is 5.69 Å². The number of carbonyl (C=O) groups is 2. The van der Waals surface area contributed by atoms with Crippen molar-refractivity contribution >= 4 is 17.5 Å². The van der Waals surface area contributed by atoms with Crippen molar-refractivity contribution in [1.82, 2.24) is 5.32 Å². The maximum atomic E-state index is 12.6. The standard InChI is InChI=1S/C25H26N2O3/c1-3-20-13-9-10-18(2)24(20)27-23(28)17-30-22-15-8-7-14-21(22)25(29)26-16-19-11-5-4-6-12-19/h4-15H,3,16-17H2,1-2H3,(H,26,29)(H,27,28). The zero-order valence-electron chi connectivity index (χ0n) is 17.3. The van der Waals surface area contributed by atoms with Gasteiger partial charge in [-0.05, 0) is 42.2 Å². The Balaban J connectivity index is 1.62. The Morgan fingerprint density at radius 1 is 0.900 bits per heavy atom. The van der Waals surface area contributed by atoms with Crippen LogP contribution < -0.4 is 15.4 Å². The number of benzene rings is 3. The number of ether oxygens (including phenoxy) is 1. The van der Waals surface area contributed by atoms with Crippen LogP contribution in [0.3, 0.4) is 0 Å². The van der Waals surface area contributed by atoms with E-state index in [1.165, 1.54) is 0 Å². The molecule has 5 heteroatoms. The average Bonchev–Trinajstić information content (AvgIpc) is 2.78. The third-order valence-corrected chi connectivity index (χ3v) is 4.79. The highest BCUT2D eigenvalue weighted by Crippen LogP contribution is 2.22. The zero-order chi connectivity index (χ0) is 21.3. The highest BCUT2D eigenvalue weighted by atomic mass is 16.5. The first-order valence-corrected chi connectivity index (χ1v) is 10.0. The van der Waals surface area contributed by atoms with Gasteiger partial charge in [0.15, 0.2) is 6.61 Å². The van der Waals surface area contributed by atoms with E-state index in [0.29, 0.717) is 17.9 Å². The van der Waals surface area contributed by atoms with Gasteiger partial charge >= 0.3 is 0 Å². The lowest BCUT2D eigenvalue weighted by atomic mass is 10.1. The highest BCUT2D eigenvalue weighted by Gasteiger charge is 2.14.